The SMILES string of the molecule is CCCCOc1ccc(C(=O)Nc2cc(C(=O)OC)ccc2Cl)cc1OC. The van der Waals surface area contributed by atoms with Crippen molar-refractivity contribution >= 4 is 29.2 Å². The Labute approximate surface area is 163 Å². The fraction of sp³-hybridized carbons (Fsp3) is 0.300. The molecule has 0 aromatic heterocycles. The van der Waals surface area contributed by atoms with Crippen LogP contribution in [0.15, 0.2) is 36.4 Å². The number of unbranched alkanes of at least 4 members (excludes halogenated alkanes) is 1. The van der Waals surface area contributed by atoms with Crippen LogP contribution >= 0.6 is 11.6 Å². The topological polar surface area (TPSA) is 73.9 Å². The molecule has 144 valence electrons. The number of halogens is 1. The van der Waals surface area contributed by atoms with Gasteiger partial charge in [-0.05, 0) is 42.8 Å². The van der Waals surface area contributed by atoms with E-state index in [4.69, 9.17) is 21.1 Å². The van der Waals surface area contributed by atoms with Gasteiger partial charge >= 0.3 is 5.97 Å². The van der Waals surface area contributed by atoms with Gasteiger partial charge in [0.25, 0.3) is 5.91 Å². The van der Waals surface area contributed by atoms with Gasteiger partial charge < -0.3 is 19.5 Å². The van der Waals surface area contributed by atoms with Gasteiger partial charge in [0.1, 0.15) is 0 Å². The number of carbonyl (C=O) groups excluding carboxylic acids is 2. The summed E-state index contributed by atoms with van der Waals surface area (Å²) >= 11 is 6.12. The fourth-order valence-corrected chi connectivity index (χ4v) is 2.48. The van der Waals surface area contributed by atoms with E-state index < -0.39 is 11.9 Å². The van der Waals surface area contributed by atoms with E-state index in [-0.39, 0.29) is 5.56 Å². The summed E-state index contributed by atoms with van der Waals surface area (Å²) < 4.78 is 15.7. The lowest BCUT2D eigenvalue weighted by molar-refractivity contribution is 0.0600. The van der Waals surface area contributed by atoms with E-state index in [1.54, 1.807) is 18.2 Å². The number of carbonyl (C=O) groups is 2. The summed E-state index contributed by atoms with van der Waals surface area (Å²) in [5, 5.41) is 3.00. The molecule has 0 aliphatic carbocycles. The average molecular weight is 392 g/mol. The third kappa shape index (κ3) is 5.37. The Morgan fingerprint density at radius 3 is 2.44 bits per heavy atom. The van der Waals surface area contributed by atoms with E-state index in [0.717, 1.165) is 12.8 Å². The molecule has 1 N–H and O–H groups in total. The molecule has 0 atom stereocenters. The van der Waals surface area contributed by atoms with Crippen molar-refractivity contribution in [3.8, 4) is 11.5 Å². The molecule has 0 saturated heterocycles. The first kappa shape index (κ1) is 20.6. The third-order valence-electron chi connectivity index (χ3n) is 3.82. The Bertz CT molecular complexity index is 822. The van der Waals surface area contributed by atoms with E-state index in [1.165, 1.54) is 32.4 Å². The van der Waals surface area contributed by atoms with E-state index in [1.807, 2.05) is 0 Å². The number of ether oxygens (including phenoxy) is 3. The van der Waals surface area contributed by atoms with E-state index in [9.17, 15) is 9.59 Å². The average Bonchev–Trinajstić information content (AvgIpc) is 2.69. The number of nitrogens with one attached hydrogen (secondary N) is 1. The highest BCUT2D eigenvalue weighted by atomic mass is 35.5. The molecule has 2 rings (SSSR count). The zero-order valence-electron chi connectivity index (χ0n) is 15.5. The number of esters is 1. The Morgan fingerprint density at radius 2 is 1.78 bits per heavy atom. The predicted molar refractivity (Wildman–Crippen MR) is 104 cm³/mol. The van der Waals surface area contributed by atoms with Crippen LogP contribution in [0.4, 0.5) is 5.69 Å². The van der Waals surface area contributed by atoms with Crippen LogP contribution in [0.2, 0.25) is 5.02 Å². The normalized spacial score (nSPS) is 10.2. The summed E-state index contributed by atoms with van der Waals surface area (Å²) in [6, 6.07) is 9.43. The number of hydrogen-bond donors (Lipinski definition) is 1. The van der Waals surface area contributed by atoms with Crippen molar-refractivity contribution in [2.45, 2.75) is 19.8 Å². The fourth-order valence-electron chi connectivity index (χ4n) is 2.31. The third-order valence-corrected chi connectivity index (χ3v) is 4.15. The van der Waals surface area contributed by atoms with Crippen LogP contribution in [0.5, 0.6) is 11.5 Å². The predicted octanol–water partition coefficient (Wildman–Crippen LogP) is 4.57. The van der Waals surface area contributed by atoms with Gasteiger partial charge in [0.05, 0.1) is 37.1 Å². The van der Waals surface area contributed by atoms with Crippen LogP contribution in [0.25, 0.3) is 0 Å². The summed E-state index contributed by atoms with van der Waals surface area (Å²) in [7, 11) is 2.80. The second-order valence-electron chi connectivity index (χ2n) is 5.71. The maximum atomic E-state index is 12.6. The quantitative estimate of drug-likeness (QED) is 0.527. The number of hydrogen-bond acceptors (Lipinski definition) is 5. The molecule has 0 fully saturated rings. The van der Waals surface area contributed by atoms with Crippen molar-refractivity contribution in [1.82, 2.24) is 0 Å². The van der Waals surface area contributed by atoms with Gasteiger partial charge in [-0.15, -0.1) is 0 Å². The molecule has 0 heterocycles. The Balaban J connectivity index is 2.19. The summed E-state index contributed by atoms with van der Waals surface area (Å²) in [5.41, 5.74) is 0.968. The second-order valence-corrected chi connectivity index (χ2v) is 6.12. The summed E-state index contributed by atoms with van der Waals surface area (Å²) in [6.45, 7) is 2.66. The first-order valence-electron chi connectivity index (χ1n) is 8.50. The minimum absolute atomic E-state index is 0.287. The highest BCUT2D eigenvalue weighted by molar-refractivity contribution is 6.34. The molecule has 1 amide bonds. The molecule has 6 nitrogen and oxygen atoms in total. The maximum Gasteiger partial charge on any atom is 0.337 e. The van der Waals surface area contributed by atoms with Crippen molar-refractivity contribution in [3.05, 3.63) is 52.5 Å². The molecular weight excluding hydrogens is 370 g/mol. The molecule has 0 aliphatic rings. The van der Waals surface area contributed by atoms with Crippen LogP contribution in [-0.4, -0.2) is 32.7 Å². The molecule has 2 aromatic carbocycles. The lowest BCUT2D eigenvalue weighted by Gasteiger charge is -2.13. The maximum absolute atomic E-state index is 12.6. The lowest BCUT2D eigenvalue weighted by Crippen LogP contribution is -2.13. The van der Waals surface area contributed by atoms with E-state index in [0.29, 0.717) is 34.4 Å². The van der Waals surface area contributed by atoms with Crippen LogP contribution in [-0.2, 0) is 4.74 Å². The molecular formula is C20H22ClNO5. The minimum Gasteiger partial charge on any atom is -0.493 e. The number of rotatable bonds is 8. The number of anilines is 1. The van der Waals surface area contributed by atoms with Crippen molar-refractivity contribution in [3.63, 3.8) is 0 Å². The highest BCUT2D eigenvalue weighted by Gasteiger charge is 2.15. The molecule has 0 bridgehead atoms. The van der Waals surface area contributed by atoms with Crippen molar-refractivity contribution in [2.24, 2.45) is 0 Å². The molecule has 0 unspecified atom stereocenters. The van der Waals surface area contributed by atoms with Gasteiger partial charge in [-0.2, -0.15) is 0 Å². The van der Waals surface area contributed by atoms with Crippen molar-refractivity contribution in [2.75, 3.05) is 26.1 Å². The molecule has 0 aliphatic heterocycles. The highest BCUT2D eigenvalue weighted by Crippen LogP contribution is 2.29. The van der Waals surface area contributed by atoms with Crippen LogP contribution in [0.3, 0.4) is 0 Å². The monoisotopic (exact) mass is 391 g/mol. The lowest BCUT2D eigenvalue weighted by atomic mass is 10.1. The molecule has 7 heteroatoms. The first-order valence-corrected chi connectivity index (χ1v) is 8.88. The zero-order valence-corrected chi connectivity index (χ0v) is 16.3. The Kier molecular flexibility index (Phi) is 7.49. The van der Waals surface area contributed by atoms with Crippen molar-refractivity contribution < 1.29 is 23.8 Å². The smallest absolute Gasteiger partial charge is 0.337 e. The summed E-state index contributed by atoms with van der Waals surface area (Å²) in [4.78, 5) is 24.2. The standard InChI is InChI=1S/C20H22ClNO5/c1-4-5-10-27-17-9-7-13(12-18(17)25-2)19(23)22-16-11-14(20(24)26-3)6-8-15(16)21/h6-9,11-12H,4-5,10H2,1-3H3,(H,22,23). The summed E-state index contributed by atoms with van der Waals surface area (Å²) in [5.74, 6) is 0.135. The Hall–Kier alpha value is -2.73. The first-order chi connectivity index (χ1) is 13.0. The second kappa shape index (κ2) is 9.83. The molecule has 0 spiro atoms. The van der Waals surface area contributed by atoms with Crippen LogP contribution < -0.4 is 14.8 Å². The largest absolute Gasteiger partial charge is 0.493 e. The molecule has 0 radical (unpaired) electrons. The zero-order chi connectivity index (χ0) is 19.8. The van der Waals surface area contributed by atoms with E-state index in [2.05, 4.69) is 17.0 Å². The molecule has 2 aromatic rings. The number of amides is 1. The van der Waals surface area contributed by atoms with Gasteiger partial charge in [-0.3, -0.25) is 4.79 Å². The van der Waals surface area contributed by atoms with Gasteiger partial charge in [-0.25, -0.2) is 4.79 Å². The van der Waals surface area contributed by atoms with Crippen LogP contribution in [0.1, 0.15) is 40.5 Å². The van der Waals surface area contributed by atoms with Gasteiger partial charge in [0, 0.05) is 5.56 Å². The minimum atomic E-state index is -0.516. The van der Waals surface area contributed by atoms with E-state index >= 15 is 0 Å². The van der Waals surface area contributed by atoms with Gasteiger partial charge in [-0.1, -0.05) is 24.9 Å². The van der Waals surface area contributed by atoms with Crippen LogP contribution in [0, 0.1) is 0 Å². The molecule has 0 saturated carbocycles. The van der Waals surface area contributed by atoms with Crippen molar-refractivity contribution in [1.29, 1.82) is 0 Å². The Morgan fingerprint density at radius 1 is 1.04 bits per heavy atom. The van der Waals surface area contributed by atoms with Gasteiger partial charge in [0.15, 0.2) is 11.5 Å². The number of methoxy groups -OCH3 is 2. The summed E-state index contributed by atoms with van der Waals surface area (Å²) in [6.07, 6.45) is 1.95. The van der Waals surface area contributed by atoms with Gasteiger partial charge in [0.2, 0.25) is 0 Å². The number of benzene rings is 2. The molecule has 27 heavy (non-hydrogen) atoms.